The number of benzene rings is 2. The molecule has 0 saturated carbocycles. The van der Waals surface area contributed by atoms with E-state index in [9.17, 15) is 5.11 Å². The third-order valence-electron chi connectivity index (χ3n) is 2.00. The molecule has 0 heterocycles. The van der Waals surface area contributed by atoms with Crippen LogP contribution in [-0.4, -0.2) is 5.11 Å². The topological polar surface area (TPSA) is 29.5 Å². The Morgan fingerprint density at radius 3 is 2.67 bits per heavy atom. The molecule has 2 aromatic rings. The van der Waals surface area contributed by atoms with Gasteiger partial charge in [0.15, 0.2) is 0 Å². The van der Waals surface area contributed by atoms with Gasteiger partial charge in [0, 0.05) is 12.1 Å². The van der Waals surface area contributed by atoms with Gasteiger partial charge in [-0.2, -0.15) is 0 Å². The number of ether oxygens (including phenoxy) is 1. The zero-order valence-electron chi connectivity index (χ0n) is 8.18. The summed E-state index contributed by atoms with van der Waals surface area (Å²) in [6.45, 7) is 0.487. The van der Waals surface area contributed by atoms with Crippen molar-refractivity contribution in [2.24, 2.45) is 0 Å². The van der Waals surface area contributed by atoms with E-state index in [1.165, 1.54) is 0 Å². The van der Waals surface area contributed by atoms with Crippen molar-refractivity contribution in [3.63, 3.8) is 0 Å². The van der Waals surface area contributed by atoms with Crippen LogP contribution in [0.25, 0.3) is 0 Å². The minimum absolute atomic E-state index is 0.191. The number of rotatable bonds is 3. The molecule has 0 saturated heterocycles. The van der Waals surface area contributed by atoms with Gasteiger partial charge in [0.1, 0.15) is 18.1 Å². The highest BCUT2D eigenvalue weighted by Gasteiger charge is 1.96. The first-order valence-corrected chi connectivity index (χ1v) is 4.72. The fourth-order valence-corrected chi connectivity index (χ4v) is 1.25. The van der Waals surface area contributed by atoms with Gasteiger partial charge in [0.25, 0.3) is 0 Å². The summed E-state index contributed by atoms with van der Waals surface area (Å²) in [5, 5.41) is 9.21. The summed E-state index contributed by atoms with van der Waals surface area (Å²) < 4.78 is 5.46. The lowest BCUT2D eigenvalue weighted by Crippen LogP contribution is -1.94. The summed E-state index contributed by atoms with van der Waals surface area (Å²) in [6.07, 6.45) is 0. The second-order valence-electron chi connectivity index (χ2n) is 3.19. The van der Waals surface area contributed by atoms with Crippen LogP contribution in [0.15, 0.2) is 48.5 Å². The molecule has 15 heavy (non-hydrogen) atoms. The predicted molar refractivity (Wildman–Crippen MR) is 57.7 cm³/mol. The molecule has 0 unspecified atom stereocenters. The molecule has 0 aliphatic carbocycles. The zero-order valence-corrected chi connectivity index (χ0v) is 8.18. The summed E-state index contributed by atoms with van der Waals surface area (Å²) in [6, 6.07) is 17.5. The summed E-state index contributed by atoms with van der Waals surface area (Å²) >= 11 is 0. The number of hydrogen-bond acceptors (Lipinski definition) is 2. The van der Waals surface area contributed by atoms with E-state index in [4.69, 9.17) is 4.74 Å². The molecule has 0 fully saturated rings. The quantitative estimate of drug-likeness (QED) is 0.823. The lowest BCUT2D eigenvalue weighted by atomic mass is 10.2. The Kier molecular flexibility index (Phi) is 2.88. The van der Waals surface area contributed by atoms with Crippen molar-refractivity contribution in [1.29, 1.82) is 0 Å². The lowest BCUT2D eigenvalue weighted by molar-refractivity contribution is 0.303. The van der Waals surface area contributed by atoms with E-state index >= 15 is 0 Å². The smallest absolute Gasteiger partial charge is 0.131 e. The van der Waals surface area contributed by atoms with Crippen LogP contribution >= 0.6 is 0 Å². The van der Waals surface area contributed by atoms with E-state index in [-0.39, 0.29) is 5.75 Å². The minimum Gasteiger partial charge on any atom is -0.508 e. The normalized spacial score (nSPS) is 9.87. The molecule has 2 nitrogen and oxygen atoms in total. The lowest BCUT2D eigenvalue weighted by Gasteiger charge is -2.05. The van der Waals surface area contributed by atoms with Gasteiger partial charge in [-0.25, -0.2) is 0 Å². The monoisotopic (exact) mass is 199 g/mol. The highest BCUT2D eigenvalue weighted by Crippen LogP contribution is 2.18. The first kappa shape index (κ1) is 9.59. The van der Waals surface area contributed by atoms with Crippen molar-refractivity contribution in [1.82, 2.24) is 0 Å². The Hall–Kier alpha value is -1.96. The molecular weight excluding hydrogens is 188 g/mol. The first-order valence-electron chi connectivity index (χ1n) is 4.72. The van der Waals surface area contributed by atoms with Crippen LogP contribution in [0.4, 0.5) is 0 Å². The van der Waals surface area contributed by atoms with Gasteiger partial charge in [0.2, 0.25) is 0 Å². The van der Waals surface area contributed by atoms with Crippen LogP contribution in [0, 0.1) is 6.07 Å². The minimum atomic E-state index is 0.191. The Labute approximate surface area is 88.8 Å². The third-order valence-corrected chi connectivity index (χ3v) is 2.00. The number of aromatic hydroxyl groups is 1. The van der Waals surface area contributed by atoms with E-state index < -0.39 is 0 Å². The van der Waals surface area contributed by atoms with Gasteiger partial charge in [-0.05, 0) is 17.7 Å². The molecular formula is C13H11O2. The van der Waals surface area contributed by atoms with Crippen LogP contribution < -0.4 is 4.74 Å². The van der Waals surface area contributed by atoms with E-state index in [1.807, 2.05) is 30.3 Å². The van der Waals surface area contributed by atoms with Crippen LogP contribution in [0.5, 0.6) is 11.5 Å². The molecule has 2 rings (SSSR count). The maximum absolute atomic E-state index is 9.21. The van der Waals surface area contributed by atoms with Crippen molar-refractivity contribution in [2.45, 2.75) is 6.61 Å². The van der Waals surface area contributed by atoms with Crippen molar-refractivity contribution in [3.8, 4) is 11.5 Å². The molecule has 75 valence electrons. The van der Waals surface area contributed by atoms with Gasteiger partial charge in [0.05, 0.1) is 0 Å². The molecule has 0 bridgehead atoms. The molecule has 0 aromatic heterocycles. The average molecular weight is 199 g/mol. The molecule has 2 aromatic carbocycles. The summed E-state index contributed by atoms with van der Waals surface area (Å²) in [5.74, 6) is 0.746. The fraction of sp³-hybridized carbons (Fsp3) is 0.0769. The van der Waals surface area contributed by atoms with Gasteiger partial charge in [-0.3, -0.25) is 0 Å². The van der Waals surface area contributed by atoms with Crippen molar-refractivity contribution in [3.05, 3.63) is 60.2 Å². The summed E-state index contributed by atoms with van der Waals surface area (Å²) in [7, 11) is 0. The van der Waals surface area contributed by atoms with E-state index in [0.29, 0.717) is 12.4 Å². The number of phenolic OH excluding ortho intramolecular Hbond substituents is 1. The molecule has 0 amide bonds. The second-order valence-corrected chi connectivity index (χ2v) is 3.19. The Morgan fingerprint density at radius 2 is 1.93 bits per heavy atom. The Balaban J connectivity index is 1.99. The van der Waals surface area contributed by atoms with Crippen molar-refractivity contribution in [2.75, 3.05) is 0 Å². The molecule has 1 N–H and O–H groups in total. The molecule has 0 atom stereocenters. The SMILES string of the molecule is Oc1cc[c]c(OCc2ccccc2)c1. The van der Waals surface area contributed by atoms with Gasteiger partial charge in [-0.15, -0.1) is 0 Å². The van der Waals surface area contributed by atoms with E-state index in [2.05, 4.69) is 6.07 Å². The Morgan fingerprint density at radius 1 is 1.13 bits per heavy atom. The van der Waals surface area contributed by atoms with Crippen LogP contribution in [0.3, 0.4) is 0 Å². The van der Waals surface area contributed by atoms with Crippen molar-refractivity contribution < 1.29 is 9.84 Å². The van der Waals surface area contributed by atoms with Crippen LogP contribution in [0.2, 0.25) is 0 Å². The van der Waals surface area contributed by atoms with Gasteiger partial charge in [-0.1, -0.05) is 30.3 Å². The zero-order chi connectivity index (χ0) is 10.5. The van der Waals surface area contributed by atoms with E-state index in [1.54, 1.807) is 18.2 Å². The molecule has 0 aliphatic rings. The highest BCUT2D eigenvalue weighted by molar-refractivity contribution is 5.30. The number of phenols is 1. The maximum atomic E-state index is 9.21. The third kappa shape index (κ3) is 2.74. The van der Waals surface area contributed by atoms with Gasteiger partial charge < -0.3 is 9.84 Å². The highest BCUT2D eigenvalue weighted by atomic mass is 16.5. The number of hydrogen-bond donors (Lipinski definition) is 1. The van der Waals surface area contributed by atoms with Crippen LogP contribution in [-0.2, 0) is 6.61 Å². The van der Waals surface area contributed by atoms with E-state index in [0.717, 1.165) is 5.56 Å². The summed E-state index contributed by atoms with van der Waals surface area (Å²) in [4.78, 5) is 0. The molecule has 1 radical (unpaired) electrons. The summed E-state index contributed by atoms with van der Waals surface area (Å²) in [5.41, 5.74) is 1.09. The standard InChI is InChI=1S/C13H11O2/c14-12-7-4-8-13(9-12)15-10-11-5-2-1-3-6-11/h1-7,9,14H,10H2. The molecule has 0 spiro atoms. The van der Waals surface area contributed by atoms with Gasteiger partial charge >= 0.3 is 0 Å². The largest absolute Gasteiger partial charge is 0.508 e. The van der Waals surface area contributed by atoms with Crippen molar-refractivity contribution >= 4 is 0 Å². The maximum Gasteiger partial charge on any atom is 0.131 e. The molecule has 0 aliphatic heterocycles. The average Bonchev–Trinajstić information content (AvgIpc) is 2.28. The Bertz CT molecular complexity index is 424. The molecule has 2 heteroatoms. The van der Waals surface area contributed by atoms with Crippen LogP contribution in [0.1, 0.15) is 5.56 Å². The predicted octanol–water partition coefficient (Wildman–Crippen LogP) is 2.77. The first-order chi connectivity index (χ1) is 7.34. The second kappa shape index (κ2) is 4.51. The fourth-order valence-electron chi connectivity index (χ4n) is 1.25.